The first-order chi connectivity index (χ1) is 7.86. The molecule has 0 saturated carbocycles. The molecule has 2 heterocycles. The van der Waals surface area contributed by atoms with Gasteiger partial charge in [0.05, 0.1) is 0 Å². The standard InChI is InChI=1S/C13H22N2S/c1-12(15-9-7-14-8-10-15)4-2-5-13-6-3-11-16-13/h3,6,11-12,14H,2,4-5,7-10H2,1H3. The van der Waals surface area contributed by atoms with Gasteiger partial charge in [0, 0.05) is 37.1 Å². The number of piperazine rings is 1. The fourth-order valence-electron chi connectivity index (χ4n) is 2.33. The highest BCUT2D eigenvalue weighted by atomic mass is 32.1. The number of nitrogens with zero attached hydrogens (tertiary/aromatic N) is 1. The van der Waals surface area contributed by atoms with E-state index in [1.165, 1.54) is 37.2 Å². The van der Waals surface area contributed by atoms with Crippen LogP contribution < -0.4 is 5.32 Å². The van der Waals surface area contributed by atoms with Crippen molar-refractivity contribution in [2.24, 2.45) is 0 Å². The van der Waals surface area contributed by atoms with Gasteiger partial charge in [0.25, 0.3) is 0 Å². The molecule has 0 amide bonds. The minimum Gasteiger partial charge on any atom is -0.314 e. The van der Waals surface area contributed by atoms with E-state index >= 15 is 0 Å². The molecule has 1 atom stereocenters. The summed E-state index contributed by atoms with van der Waals surface area (Å²) in [6.45, 7) is 7.14. The van der Waals surface area contributed by atoms with Crippen LogP contribution in [-0.4, -0.2) is 37.1 Å². The van der Waals surface area contributed by atoms with Crippen molar-refractivity contribution in [1.82, 2.24) is 10.2 Å². The first kappa shape index (κ1) is 12.1. The summed E-state index contributed by atoms with van der Waals surface area (Å²) in [6.07, 6.45) is 3.91. The second-order valence-corrected chi connectivity index (χ2v) is 5.64. The molecule has 1 fully saturated rings. The molecule has 1 unspecified atom stereocenters. The third-order valence-corrected chi connectivity index (χ3v) is 4.34. The highest BCUT2D eigenvalue weighted by Crippen LogP contribution is 2.14. The van der Waals surface area contributed by atoms with Gasteiger partial charge in [0.2, 0.25) is 0 Å². The Morgan fingerprint density at radius 2 is 2.25 bits per heavy atom. The Kier molecular flexibility index (Phi) is 4.82. The van der Waals surface area contributed by atoms with E-state index in [1.807, 2.05) is 11.3 Å². The van der Waals surface area contributed by atoms with Crippen LogP contribution in [0.4, 0.5) is 0 Å². The summed E-state index contributed by atoms with van der Waals surface area (Å²) in [6, 6.07) is 5.15. The molecule has 2 rings (SSSR count). The number of nitrogens with one attached hydrogen (secondary N) is 1. The van der Waals surface area contributed by atoms with Crippen molar-refractivity contribution in [1.29, 1.82) is 0 Å². The lowest BCUT2D eigenvalue weighted by Gasteiger charge is -2.32. The first-order valence-electron chi connectivity index (χ1n) is 6.33. The first-order valence-corrected chi connectivity index (χ1v) is 7.21. The van der Waals surface area contributed by atoms with Gasteiger partial charge in [-0.15, -0.1) is 11.3 Å². The van der Waals surface area contributed by atoms with Gasteiger partial charge in [-0.05, 0) is 37.6 Å². The number of rotatable bonds is 5. The molecule has 0 spiro atoms. The highest BCUT2D eigenvalue weighted by Gasteiger charge is 2.15. The predicted molar refractivity (Wildman–Crippen MR) is 71.2 cm³/mol. The number of hydrogen-bond acceptors (Lipinski definition) is 3. The van der Waals surface area contributed by atoms with Crippen LogP contribution in [0.25, 0.3) is 0 Å². The molecule has 0 radical (unpaired) electrons. The van der Waals surface area contributed by atoms with E-state index in [0.29, 0.717) is 0 Å². The molecule has 90 valence electrons. The zero-order valence-electron chi connectivity index (χ0n) is 10.1. The van der Waals surface area contributed by atoms with Gasteiger partial charge in [-0.1, -0.05) is 6.07 Å². The van der Waals surface area contributed by atoms with E-state index in [-0.39, 0.29) is 0 Å². The van der Waals surface area contributed by atoms with Crippen LogP contribution in [0, 0.1) is 0 Å². The summed E-state index contributed by atoms with van der Waals surface area (Å²) in [5.74, 6) is 0. The lowest BCUT2D eigenvalue weighted by Crippen LogP contribution is -2.47. The van der Waals surface area contributed by atoms with Crippen LogP contribution >= 0.6 is 11.3 Å². The van der Waals surface area contributed by atoms with E-state index in [2.05, 4.69) is 34.7 Å². The van der Waals surface area contributed by atoms with Crippen molar-refractivity contribution < 1.29 is 0 Å². The van der Waals surface area contributed by atoms with E-state index < -0.39 is 0 Å². The predicted octanol–water partition coefficient (Wildman–Crippen LogP) is 2.36. The maximum atomic E-state index is 3.41. The van der Waals surface area contributed by atoms with E-state index in [9.17, 15) is 0 Å². The molecule has 0 aliphatic carbocycles. The van der Waals surface area contributed by atoms with Gasteiger partial charge < -0.3 is 5.32 Å². The summed E-state index contributed by atoms with van der Waals surface area (Å²) in [5, 5.41) is 5.58. The van der Waals surface area contributed by atoms with E-state index in [0.717, 1.165) is 19.1 Å². The van der Waals surface area contributed by atoms with Crippen molar-refractivity contribution in [3.63, 3.8) is 0 Å². The zero-order chi connectivity index (χ0) is 11.2. The van der Waals surface area contributed by atoms with Crippen molar-refractivity contribution in [3.05, 3.63) is 22.4 Å². The molecule has 1 aliphatic heterocycles. The van der Waals surface area contributed by atoms with Crippen molar-refractivity contribution in [2.75, 3.05) is 26.2 Å². The Balaban J connectivity index is 1.65. The molecule has 1 saturated heterocycles. The highest BCUT2D eigenvalue weighted by molar-refractivity contribution is 7.09. The van der Waals surface area contributed by atoms with Gasteiger partial charge in [-0.2, -0.15) is 0 Å². The van der Waals surface area contributed by atoms with Gasteiger partial charge in [-0.25, -0.2) is 0 Å². The van der Waals surface area contributed by atoms with E-state index in [1.54, 1.807) is 0 Å². The quantitative estimate of drug-likeness (QED) is 0.847. The molecule has 1 N–H and O–H groups in total. The SMILES string of the molecule is CC(CCCc1cccs1)N1CCNCC1. The molecule has 0 bridgehead atoms. The smallest absolute Gasteiger partial charge is 0.0110 e. The number of aryl methyl sites for hydroxylation is 1. The Labute approximate surface area is 103 Å². The molecule has 3 heteroatoms. The van der Waals surface area contributed by atoms with Crippen LogP contribution in [0.3, 0.4) is 0 Å². The van der Waals surface area contributed by atoms with E-state index in [4.69, 9.17) is 0 Å². The average molecular weight is 238 g/mol. The second kappa shape index (κ2) is 6.38. The molecule has 0 aromatic carbocycles. The molecular formula is C13H22N2S. The summed E-state index contributed by atoms with van der Waals surface area (Å²) in [5.41, 5.74) is 0. The molecule has 2 nitrogen and oxygen atoms in total. The summed E-state index contributed by atoms with van der Waals surface area (Å²) < 4.78 is 0. The number of hydrogen-bond donors (Lipinski definition) is 1. The molecular weight excluding hydrogens is 216 g/mol. The maximum absolute atomic E-state index is 3.41. The number of thiophene rings is 1. The van der Waals surface area contributed by atoms with Crippen molar-refractivity contribution >= 4 is 11.3 Å². The maximum Gasteiger partial charge on any atom is 0.0110 e. The van der Waals surface area contributed by atoms with Crippen molar-refractivity contribution in [2.45, 2.75) is 32.2 Å². The monoisotopic (exact) mass is 238 g/mol. The molecule has 1 aromatic rings. The third kappa shape index (κ3) is 3.58. The van der Waals surface area contributed by atoms with Gasteiger partial charge in [0.1, 0.15) is 0 Å². The normalized spacial score (nSPS) is 19.8. The summed E-state index contributed by atoms with van der Waals surface area (Å²) >= 11 is 1.89. The largest absolute Gasteiger partial charge is 0.314 e. The summed E-state index contributed by atoms with van der Waals surface area (Å²) in [4.78, 5) is 4.15. The Morgan fingerprint density at radius 3 is 2.94 bits per heavy atom. The van der Waals surface area contributed by atoms with Gasteiger partial charge in [0.15, 0.2) is 0 Å². The van der Waals surface area contributed by atoms with Crippen LogP contribution in [-0.2, 0) is 6.42 Å². The molecule has 16 heavy (non-hydrogen) atoms. The minimum absolute atomic E-state index is 0.752. The molecule has 1 aliphatic rings. The Bertz CT molecular complexity index is 278. The minimum atomic E-state index is 0.752. The lowest BCUT2D eigenvalue weighted by molar-refractivity contribution is 0.175. The van der Waals surface area contributed by atoms with Crippen molar-refractivity contribution in [3.8, 4) is 0 Å². The van der Waals surface area contributed by atoms with Gasteiger partial charge in [-0.3, -0.25) is 4.90 Å². The molecule has 1 aromatic heterocycles. The van der Waals surface area contributed by atoms with Crippen LogP contribution in [0.15, 0.2) is 17.5 Å². The Morgan fingerprint density at radius 1 is 1.44 bits per heavy atom. The topological polar surface area (TPSA) is 15.3 Å². The Hall–Kier alpha value is -0.380. The average Bonchev–Trinajstić information content (AvgIpc) is 2.83. The van der Waals surface area contributed by atoms with Crippen LogP contribution in [0.2, 0.25) is 0 Å². The fraction of sp³-hybridized carbons (Fsp3) is 0.692. The fourth-order valence-corrected chi connectivity index (χ4v) is 3.08. The third-order valence-electron chi connectivity index (χ3n) is 3.40. The van der Waals surface area contributed by atoms with Crippen LogP contribution in [0.1, 0.15) is 24.6 Å². The second-order valence-electron chi connectivity index (χ2n) is 4.61. The lowest BCUT2D eigenvalue weighted by atomic mass is 10.1. The van der Waals surface area contributed by atoms with Crippen LogP contribution in [0.5, 0.6) is 0 Å². The summed E-state index contributed by atoms with van der Waals surface area (Å²) in [7, 11) is 0. The zero-order valence-corrected chi connectivity index (χ0v) is 10.9. The van der Waals surface area contributed by atoms with Gasteiger partial charge >= 0.3 is 0 Å².